The number of aromatic nitrogens is 3. The maximum atomic E-state index is 14.9. The van der Waals surface area contributed by atoms with Gasteiger partial charge in [-0.3, -0.25) is 4.99 Å². The van der Waals surface area contributed by atoms with E-state index in [0.29, 0.717) is 23.4 Å². The largest absolute Gasteiger partial charge is 0.309 e. The molecule has 1 spiro atoms. The van der Waals surface area contributed by atoms with Crippen LogP contribution in [0.4, 0.5) is 21.8 Å². The van der Waals surface area contributed by atoms with Crippen LogP contribution in [0, 0.1) is 5.82 Å². The summed E-state index contributed by atoms with van der Waals surface area (Å²) in [4.78, 5) is 20.7. The van der Waals surface area contributed by atoms with Crippen molar-refractivity contribution in [3.05, 3.63) is 59.7 Å². The Morgan fingerprint density at radius 3 is 2.58 bits per heavy atom. The molecule has 0 radical (unpaired) electrons. The molecule has 0 atom stereocenters. The van der Waals surface area contributed by atoms with Gasteiger partial charge in [-0.25, -0.2) is 19.3 Å². The Balaban J connectivity index is 1.22. The summed E-state index contributed by atoms with van der Waals surface area (Å²) in [6.45, 7) is 7.75. The lowest BCUT2D eigenvalue weighted by Gasteiger charge is -2.31. The minimum absolute atomic E-state index is 0.00869. The summed E-state index contributed by atoms with van der Waals surface area (Å²) >= 11 is 0. The number of fused-ring (bicyclic) bond motifs is 2. The third-order valence-corrected chi connectivity index (χ3v) is 8.50. The fourth-order valence-corrected chi connectivity index (χ4v) is 6.30. The van der Waals surface area contributed by atoms with Crippen LogP contribution in [-0.2, 0) is 5.41 Å². The van der Waals surface area contributed by atoms with E-state index in [4.69, 9.17) is 4.99 Å². The summed E-state index contributed by atoms with van der Waals surface area (Å²) in [5, 5.41) is 3.16. The van der Waals surface area contributed by atoms with Crippen molar-refractivity contribution in [2.24, 2.45) is 4.99 Å². The Hall–Kier alpha value is -3.19. The number of piperidine rings is 1. The molecule has 1 N–H and O–H groups in total. The van der Waals surface area contributed by atoms with Crippen LogP contribution >= 0.6 is 0 Å². The number of nitrogens with zero attached hydrogens (tertiary/aromatic N) is 5. The number of halogens is 1. The van der Waals surface area contributed by atoms with Gasteiger partial charge in [-0.15, -0.1) is 0 Å². The zero-order valence-electron chi connectivity index (χ0n) is 21.1. The minimum atomic E-state index is -0.432. The quantitative estimate of drug-likeness (QED) is 0.445. The van der Waals surface area contributed by atoms with Gasteiger partial charge < -0.3 is 10.2 Å². The molecule has 1 saturated carbocycles. The van der Waals surface area contributed by atoms with Crippen molar-refractivity contribution in [2.45, 2.75) is 63.7 Å². The Kier molecular flexibility index (Phi) is 6.04. The zero-order valence-corrected chi connectivity index (χ0v) is 21.1. The zero-order chi connectivity index (χ0) is 24.7. The van der Waals surface area contributed by atoms with Crippen molar-refractivity contribution in [3.8, 4) is 11.3 Å². The maximum Gasteiger partial charge on any atom is 0.229 e. The molecule has 7 heteroatoms. The number of rotatable bonds is 5. The highest BCUT2D eigenvalue weighted by molar-refractivity contribution is 6.01. The van der Waals surface area contributed by atoms with E-state index in [1.165, 1.54) is 48.7 Å². The SMILES string of the molecule is CCN1CCC(c2ccc(Nc3ncc(F)c(-c4ccc5c(c4)C4(CCCC4)C(C)=N5)n3)nc2)CC1. The van der Waals surface area contributed by atoms with Gasteiger partial charge in [0.05, 0.1) is 11.9 Å². The number of benzene rings is 1. The number of anilines is 2. The lowest BCUT2D eigenvalue weighted by atomic mass is 9.76. The van der Waals surface area contributed by atoms with Crippen LogP contribution in [-0.4, -0.2) is 45.2 Å². The second-order valence-corrected chi connectivity index (χ2v) is 10.4. The van der Waals surface area contributed by atoms with Gasteiger partial charge in [0.1, 0.15) is 11.5 Å². The second kappa shape index (κ2) is 9.36. The summed E-state index contributed by atoms with van der Waals surface area (Å²) in [6, 6.07) is 10.1. The lowest BCUT2D eigenvalue weighted by molar-refractivity contribution is 0.222. The summed E-state index contributed by atoms with van der Waals surface area (Å²) in [6.07, 6.45) is 10.1. The minimum Gasteiger partial charge on any atom is -0.309 e. The highest BCUT2D eigenvalue weighted by Gasteiger charge is 2.43. The lowest BCUT2D eigenvalue weighted by Crippen LogP contribution is -2.32. The van der Waals surface area contributed by atoms with E-state index in [9.17, 15) is 4.39 Å². The van der Waals surface area contributed by atoms with E-state index in [1.807, 2.05) is 24.4 Å². The van der Waals surface area contributed by atoms with Gasteiger partial charge in [0, 0.05) is 22.9 Å². The van der Waals surface area contributed by atoms with E-state index >= 15 is 0 Å². The van der Waals surface area contributed by atoms with Gasteiger partial charge in [-0.2, -0.15) is 0 Å². The normalized spacial score (nSPS) is 19.5. The predicted molar refractivity (Wildman–Crippen MR) is 142 cm³/mol. The van der Waals surface area contributed by atoms with Gasteiger partial charge in [0.15, 0.2) is 5.82 Å². The number of hydrogen-bond donors (Lipinski definition) is 1. The van der Waals surface area contributed by atoms with Crippen molar-refractivity contribution in [1.29, 1.82) is 0 Å². The number of pyridine rings is 1. The molecule has 3 aliphatic rings. The molecule has 4 heterocycles. The molecule has 6 nitrogen and oxygen atoms in total. The molecule has 1 aromatic carbocycles. The molecule has 6 rings (SSSR count). The molecule has 0 bridgehead atoms. The Labute approximate surface area is 212 Å². The highest BCUT2D eigenvalue weighted by atomic mass is 19.1. The van der Waals surface area contributed by atoms with Crippen molar-refractivity contribution in [1.82, 2.24) is 19.9 Å². The summed E-state index contributed by atoms with van der Waals surface area (Å²) in [7, 11) is 0. The molecule has 186 valence electrons. The highest BCUT2D eigenvalue weighted by Crippen LogP contribution is 2.51. The predicted octanol–water partition coefficient (Wildman–Crippen LogP) is 6.54. The molecule has 1 aliphatic carbocycles. The fraction of sp³-hybridized carbons (Fsp3) is 0.448. The summed E-state index contributed by atoms with van der Waals surface area (Å²) in [5.74, 6) is 1.12. The van der Waals surface area contributed by atoms with Crippen LogP contribution in [0.3, 0.4) is 0 Å². The summed E-state index contributed by atoms with van der Waals surface area (Å²) < 4.78 is 14.9. The molecule has 36 heavy (non-hydrogen) atoms. The average Bonchev–Trinajstić information content (AvgIpc) is 3.51. The molecular formula is C29H33FN6. The Morgan fingerprint density at radius 2 is 1.86 bits per heavy atom. The monoisotopic (exact) mass is 484 g/mol. The fourth-order valence-electron chi connectivity index (χ4n) is 6.30. The summed E-state index contributed by atoms with van der Waals surface area (Å²) in [5.41, 5.74) is 5.74. The molecule has 1 saturated heterocycles. The third kappa shape index (κ3) is 4.09. The third-order valence-electron chi connectivity index (χ3n) is 8.50. The van der Waals surface area contributed by atoms with E-state index in [-0.39, 0.29) is 5.41 Å². The smallest absolute Gasteiger partial charge is 0.229 e. The first-order valence-electron chi connectivity index (χ1n) is 13.2. The number of likely N-dealkylation sites (tertiary alicyclic amines) is 1. The van der Waals surface area contributed by atoms with E-state index in [0.717, 1.165) is 43.7 Å². The first-order valence-corrected chi connectivity index (χ1v) is 13.2. The van der Waals surface area contributed by atoms with Crippen molar-refractivity contribution < 1.29 is 4.39 Å². The van der Waals surface area contributed by atoms with Gasteiger partial charge in [0.2, 0.25) is 5.95 Å². The van der Waals surface area contributed by atoms with E-state index in [2.05, 4.69) is 51.1 Å². The van der Waals surface area contributed by atoms with Crippen LogP contribution in [0.5, 0.6) is 0 Å². The topological polar surface area (TPSA) is 66.3 Å². The van der Waals surface area contributed by atoms with Gasteiger partial charge in [-0.1, -0.05) is 31.9 Å². The number of nitrogens with one attached hydrogen (secondary N) is 1. The van der Waals surface area contributed by atoms with Crippen LogP contribution in [0.15, 0.2) is 47.7 Å². The van der Waals surface area contributed by atoms with Crippen molar-refractivity contribution in [2.75, 3.05) is 25.0 Å². The molecule has 2 aromatic heterocycles. The Morgan fingerprint density at radius 1 is 1.06 bits per heavy atom. The van der Waals surface area contributed by atoms with Crippen LogP contribution in [0.1, 0.15) is 69.4 Å². The molecule has 2 fully saturated rings. The van der Waals surface area contributed by atoms with Crippen molar-refractivity contribution >= 4 is 23.2 Å². The van der Waals surface area contributed by atoms with Gasteiger partial charge in [-0.05, 0) is 87.5 Å². The first-order chi connectivity index (χ1) is 17.6. The Bertz CT molecular complexity index is 1290. The molecule has 2 aliphatic heterocycles. The molecule has 3 aromatic rings. The van der Waals surface area contributed by atoms with E-state index < -0.39 is 5.82 Å². The van der Waals surface area contributed by atoms with E-state index in [1.54, 1.807) is 0 Å². The number of aliphatic imine (C=N–C) groups is 1. The maximum absolute atomic E-state index is 14.9. The molecule has 0 amide bonds. The van der Waals surface area contributed by atoms with Gasteiger partial charge in [0.25, 0.3) is 0 Å². The average molecular weight is 485 g/mol. The molecular weight excluding hydrogens is 451 g/mol. The van der Waals surface area contributed by atoms with Crippen LogP contribution in [0.2, 0.25) is 0 Å². The number of hydrogen-bond acceptors (Lipinski definition) is 6. The first kappa shape index (κ1) is 23.2. The second-order valence-electron chi connectivity index (χ2n) is 10.4. The standard InChI is InChI=1S/C29H33FN6/c1-3-36-14-10-20(11-15-36)22-7-9-26(31-17-22)34-28-32-18-24(30)27(35-28)21-6-8-25-23(16-21)29(19(2)33-25)12-4-5-13-29/h6-9,16-18,20H,3-5,10-15H2,1-2H3,(H,31,32,34,35). The van der Waals surface area contributed by atoms with Crippen molar-refractivity contribution in [3.63, 3.8) is 0 Å². The molecule has 0 unspecified atom stereocenters. The van der Waals surface area contributed by atoms with Gasteiger partial charge >= 0.3 is 0 Å². The van der Waals surface area contributed by atoms with Crippen LogP contribution in [0.25, 0.3) is 11.3 Å². The van der Waals surface area contributed by atoms with Crippen LogP contribution < -0.4 is 5.32 Å².